The first kappa shape index (κ1) is 18.5. The van der Waals surface area contributed by atoms with Gasteiger partial charge in [0.2, 0.25) is 0 Å². The van der Waals surface area contributed by atoms with Crippen molar-refractivity contribution < 1.29 is 21.6 Å². The molecule has 0 saturated carbocycles. The zero-order chi connectivity index (χ0) is 18.9. The summed E-state index contributed by atoms with van der Waals surface area (Å²) in [6.45, 7) is 0. The average molecular weight is 446 g/mol. The van der Waals surface area contributed by atoms with Gasteiger partial charge in [-0.25, -0.2) is 13.1 Å². The predicted octanol–water partition coefficient (Wildman–Crippen LogP) is 4.45. The minimum atomic E-state index is -4.52. The largest absolute Gasteiger partial charge is 0.435 e. The van der Waals surface area contributed by atoms with Crippen LogP contribution < -0.4 is 4.72 Å². The summed E-state index contributed by atoms with van der Waals surface area (Å²) in [6.07, 6.45) is -3.34. The van der Waals surface area contributed by atoms with E-state index in [9.17, 15) is 21.6 Å². The minimum absolute atomic E-state index is 0.0813. The number of anilines is 1. The molecule has 26 heavy (non-hydrogen) atoms. The van der Waals surface area contributed by atoms with E-state index in [1.54, 1.807) is 12.1 Å². The molecule has 0 aliphatic carbocycles. The highest BCUT2D eigenvalue weighted by Gasteiger charge is 2.33. The van der Waals surface area contributed by atoms with Gasteiger partial charge in [-0.15, -0.1) is 0 Å². The standard InChI is InChI=1S/C16H11BrF3N3O2S/c17-11-2-1-3-14(10-11)26(24,25)22-12-4-6-13(7-5-12)23-9-8-15(21-23)16(18,19)20/h1-10,22H. The Morgan fingerprint density at radius 1 is 1.04 bits per heavy atom. The second-order valence-corrected chi connectivity index (χ2v) is 7.85. The number of nitrogens with one attached hydrogen (secondary N) is 1. The Balaban J connectivity index is 1.81. The fourth-order valence-electron chi connectivity index (χ4n) is 2.15. The van der Waals surface area contributed by atoms with Crippen molar-refractivity contribution in [3.8, 4) is 5.69 Å². The summed E-state index contributed by atoms with van der Waals surface area (Å²) < 4.78 is 66.6. The molecule has 3 rings (SSSR count). The molecule has 0 atom stereocenters. The van der Waals surface area contributed by atoms with Gasteiger partial charge in [-0.1, -0.05) is 22.0 Å². The van der Waals surface area contributed by atoms with Gasteiger partial charge in [0.15, 0.2) is 5.69 Å². The van der Waals surface area contributed by atoms with E-state index in [2.05, 4.69) is 25.8 Å². The van der Waals surface area contributed by atoms with Crippen LogP contribution in [0.2, 0.25) is 0 Å². The van der Waals surface area contributed by atoms with Gasteiger partial charge in [0.05, 0.1) is 10.6 Å². The number of halogens is 4. The maximum atomic E-state index is 12.6. The number of alkyl halides is 3. The molecule has 2 aromatic carbocycles. The monoisotopic (exact) mass is 445 g/mol. The van der Waals surface area contributed by atoms with E-state index in [0.29, 0.717) is 10.2 Å². The number of sulfonamides is 1. The molecule has 0 aliphatic rings. The van der Waals surface area contributed by atoms with Crippen LogP contribution in [0.1, 0.15) is 5.69 Å². The normalized spacial score (nSPS) is 12.2. The molecule has 0 amide bonds. The van der Waals surface area contributed by atoms with Crippen molar-refractivity contribution in [1.82, 2.24) is 9.78 Å². The molecule has 0 radical (unpaired) electrons. The van der Waals surface area contributed by atoms with Gasteiger partial charge in [0.1, 0.15) is 0 Å². The topological polar surface area (TPSA) is 64.0 Å². The fraction of sp³-hybridized carbons (Fsp3) is 0.0625. The van der Waals surface area contributed by atoms with Crippen LogP contribution >= 0.6 is 15.9 Å². The van der Waals surface area contributed by atoms with Crippen molar-refractivity contribution in [1.29, 1.82) is 0 Å². The maximum Gasteiger partial charge on any atom is 0.435 e. The first-order chi connectivity index (χ1) is 12.1. The van der Waals surface area contributed by atoms with Crippen molar-refractivity contribution in [3.63, 3.8) is 0 Å². The van der Waals surface area contributed by atoms with E-state index in [4.69, 9.17) is 0 Å². The molecule has 1 aromatic heterocycles. The summed E-state index contributed by atoms with van der Waals surface area (Å²) >= 11 is 3.21. The maximum absolute atomic E-state index is 12.6. The van der Waals surface area contributed by atoms with Crippen LogP contribution in [0.5, 0.6) is 0 Å². The summed E-state index contributed by atoms with van der Waals surface area (Å²) in [5.41, 5.74) is -0.361. The summed E-state index contributed by atoms with van der Waals surface area (Å²) in [5.74, 6) is 0. The molecule has 0 aliphatic heterocycles. The van der Waals surface area contributed by atoms with Gasteiger partial charge in [0, 0.05) is 16.4 Å². The van der Waals surface area contributed by atoms with E-state index >= 15 is 0 Å². The lowest BCUT2D eigenvalue weighted by Crippen LogP contribution is -2.13. The van der Waals surface area contributed by atoms with E-state index in [0.717, 1.165) is 10.7 Å². The van der Waals surface area contributed by atoms with E-state index in [1.807, 2.05) is 0 Å². The Morgan fingerprint density at radius 3 is 2.31 bits per heavy atom. The molecule has 0 bridgehead atoms. The Bertz CT molecular complexity index is 1030. The van der Waals surface area contributed by atoms with Gasteiger partial charge in [-0.05, 0) is 48.5 Å². The average Bonchev–Trinajstić information content (AvgIpc) is 3.05. The quantitative estimate of drug-likeness (QED) is 0.644. The number of rotatable bonds is 4. The molecule has 10 heteroatoms. The molecule has 0 unspecified atom stereocenters. The van der Waals surface area contributed by atoms with Crippen molar-refractivity contribution in [2.45, 2.75) is 11.1 Å². The molecule has 1 N–H and O–H groups in total. The first-order valence-corrected chi connectivity index (χ1v) is 9.44. The van der Waals surface area contributed by atoms with Gasteiger partial charge in [-0.2, -0.15) is 18.3 Å². The Kier molecular flexibility index (Phi) is 4.80. The van der Waals surface area contributed by atoms with Crippen LogP contribution in [0.4, 0.5) is 18.9 Å². The zero-order valence-electron chi connectivity index (χ0n) is 12.9. The third-order valence-electron chi connectivity index (χ3n) is 3.37. The molecule has 1 heterocycles. The Hall–Kier alpha value is -2.33. The van der Waals surface area contributed by atoms with Crippen LogP contribution in [-0.4, -0.2) is 18.2 Å². The highest BCUT2D eigenvalue weighted by atomic mass is 79.9. The lowest BCUT2D eigenvalue weighted by Gasteiger charge is -2.09. The second-order valence-electron chi connectivity index (χ2n) is 5.25. The molecular formula is C16H11BrF3N3O2S. The number of benzene rings is 2. The van der Waals surface area contributed by atoms with Crippen molar-refractivity contribution in [3.05, 3.63) is 71.0 Å². The van der Waals surface area contributed by atoms with Crippen LogP contribution in [0.15, 0.2) is 70.2 Å². The van der Waals surface area contributed by atoms with E-state index < -0.39 is 21.9 Å². The van der Waals surface area contributed by atoms with Gasteiger partial charge in [0.25, 0.3) is 10.0 Å². The SMILES string of the molecule is O=S(=O)(Nc1ccc(-n2ccc(C(F)(F)F)n2)cc1)c1cccc(Br)c1. The molecule has 5 nitrogen and oxygen atoms in total. The van der Waals surface area contributed by atoms with Crippen LogP contribution in [-0.2, 0) is 16.2 Å². The molecule has 0 saturated heterocycles. The van der Waals surface area contributed by atoms with Crippen LogP contribution in [0.25, 0.3) is 5.69 Å². The third kappa shape index (κ3) is 4.07. The van der Waals surface area contributed by atoms with Crippen LogP contribution in [0, 0.1) is 0 Å². The highest BCUT2D eigenvalue weighted by Crippen LogP contribution is 2.28. The lowest BCUT2D eigenvalue weighted by molar-refractivity contribution is -0.141. The molecular weight excluding hydrogens is 435 g/mol. The summed E-state index contributed by atoms with van der Waals surface area (Å²) in [5, 5.41) is 3.46. The number of aromatic nitrogens is 2. The Morgan fingerprint density at radius 2 is 1.73 bits per heavy atom. The summed E-state index contributed by atoms with van der Waals surface area (Å²) in [7, 11) is -3.78. The molecule has 0 fully saturated rings. The number of nitrogens with zero attached hydrogens (tertiary/aromatic N) is 2. The lowest BCUT2D eigenvalue weighted by atomic mass is 10.3. The summed E-state index contributed by atoms with van der Waals surface area (Å²) in [4.78, 5) is 0.0813. The van der Waals surface area contributed by atoms with E-state index in [1.165, 1.54) is 42.6 Å². The number of hydrogen-bond acceptors (Lipinski definition) is 3. The fourth-order valence-corrected chi connectivity index (χ4v) is 3.80. The van der Waals surface area contributed by atoms with Gasteiger partial charge in [-0.3, -0.25) is 4.72 Å². The van der Waals surface area contributed by atoms with Crippen molar-refractivity contribution in [2.24, 2.45) is 0 Å². The molecule has 3 aromatic rings. The smallest absolute Gasteiger partial charge is 0.280 e. The molecule has 0 spiro atoms. The second kappa shape index (κ2) is 6.76. The Labute approximate surface area is 155 Å². The zero-order valence-corrected chi connectivity index (χ0v) is 15.3. The third-order valence-corrected chi connectivity index (χ3v) is 5.24. The van der Waals surface area contributed by atoms with Gasteiger partial charge < -0.3 is 0 Å². The van der Waals surface area contributed by atoms with Crippen LogP contribution in [0.3, 0.4) is 0 Å². The first-order valence-electron chi connectivity index (χ1n) is 7.17. The molecule has 136 valence electrons. The summed E-state index contributed by atoms with van der Waals surface area (Å²) in [6, 6.07) is 12.9. The number of hydrogen-bond donors (Lipinski definition) is 1. The van der Waals surface area contributed by atoms with Crippen molar-refractivity contribution in [2.75, 3.05) is 4.72 Å². The van der Waals surface area contributed by atoms with Gasteiger partial charge >= 0.3 is 6.18 Å². The van der Waals surface area contributed by atoms with E-state index in [-0.39, 0.29) is 10.6 Å². The van der Waals surface area contributed by atoms with Crippen molar-refractivity contribution >= 4 is 31.6 Å². The highest BCUT2D eigenvalue weighted by molar-refractivity contribution is 9.10. The predicted molar refractivity (Wildman–Crippen MR) is 93.5 cm³/mol. The minimum Gasteiger partial charge on any atom is -0.280 e.